The number of aliphatic hydroxyl groups excluding tert-OH is 1. The average Bonchev–Trinajstić information content (AvgIpc) is 2.91. The highest BCUT2D eigenvalue weighted by atomic mass is 35.5. The maximum Gasteiger partial charge on any atom is 0.328 e. The van der Waals surface area contributed by atoms with Gasteiger partial charge in [-0.05, 0) is 42.9 Å². The Kier molecular flexibility index (Phi) is 10.4. The number of aliphatic carboxylic acids is 2. The first-order valence-corrected chi connectivity index (χ1v) is 11.3. The number of thioether (sulfide) groups is 1. The Hall–Kier alpha value is -3.05. The third kappa shape index (κ3) is 7.49. The fourth-order valence-electron chi connectivity index (χ4n) is 3.06. The van der Waals surface area contributed by atoms with Crippen molar-refractivity contribution in [3.05, 3.63) is 65.2 Å². The molecule has 4 N–H and O–H groups in total. The SMILES string of the molecule is CNCCN1C(=O)[C@@H](O)[C@@H](c2ccc(OC)cc2)Sc2cc(Cl)ccc21.O=C(O)/C=C/C(=O)O. The summed E-state index contributed by atoms with van der Waals surface area (Å²) in [6, 6.07) is 12.9. The highest BCUT2D eigenvalue weighted by molar-refractivity contribution is 7.99. The molecule has 3 rings (SSSR count). The van der Waals surface area contributed by atoms with Crippen molar-refractivity contribution < 1.29 is 34.4 Å². The molecule has 1 aliphatic rings. The van der Waals surface area contributed by atoms with E-state index >= 15 is 0 Å². The largest absolute Gasteiger partial charge is 0.497 e. The highest BCUT2D eigenvalue weighted by Gasteiger charge is 2.37. The van der Waals surface area contributed by atoms with Crippen LogP contribution in [0, 0.1) is 0 Å². The minimum atomic E-state index is -1.26. The van der Waals surface area contributed by atoms with Crippen molar-refractivity contribution in [1.29, 1.82) is 0 Å². The van der Waals surface area contributed by atoms with Crippen LogP contribution >= 0.6 is 23.4 Å². The summed E-state index contributed by atoms with van der Waals surface area (Å²) in [5.74, 6) is -2.10. The quantitative estimate of drug-likeness (QED) is 0.416. The number of halogens is 1. The Balaban J connectivity index is 0.000000440. The number of aliphatic hydroxyl groups is 1. The Labute approximate surface area is 206 Å². The number of carbonyl (C=O) groups is 3. The van der Waals surface area contributed by atoms with Crippen molar-refractivity contribution in [2.75, 3.05) is 32.1 Å². The summed E-state index contributed by atoms with van der Waals surface area (Å²) in [6.07, 6.45) is -0.0403. The van der Waals surface area contributed by atoms with E-state index in [9.17, 15) is 19.5 Å². The second kappa shape index (κ2) is 13.0. The smallest absolute Gasteiger partial charge is 0.328 e. The molecule has 9 nitrogen and oxygen atoms in total. The molecule has 182 valence electrons. The van der Waals surface area contributed by atoms with Gasteiger partial charge in [0, 0.05) is 35.2 Å². The van der Waals surface area contributed by atoms with Gasteiger partial charge in [-0.2, -0.15) is 0 Å². The summed E-state index contributed by atoms with van der Waals surface area (Å²) in [5, 5.41) is 29.7. The summed E-state index contributed by atoms with van der Waals surface area (Å²) >= 11 is 7.63. The lowest BCUT2D eigenvalue weighted by Gasteiger charge is -2.25. The van der Waals surface area contributed by atoms with E-state index < -0.39 is 23.3 Å². The Morgan fingerprint density at radius 3 is 2.29 bits per heavy atom. The first kappa shape index (κ1) is 27.2. The molecule has 2 aromatic rings. The van der Waals surface area contributed by atoms with Gasteiger partial charge < -0.3 is 30.3 Å². The van der Waals surface area contributed by atoms with Crippen molar-refractivity contribution >= 4 is 46.9 Å². The number of carboxylic acids is 2. The molecular formula is C23H25ClN2O7S. The first-order chi connectivity index (χ1) is 16.2. The number of fused-ring (bicyclic) bond motifs is 1. The number of likely N-dealkylation sites (N-methyl/N-ethyl adjacent to an activating group) is 1. The normalized spacial score (nSPS) is 17.4. The maximum absolute atomic E-state index is 13.0. The Morgan fingerprint density at radius 2 is 1.76 bits per heavy atom. The number of amides is 1. The number of benzene rings is 2. The van der Waals surface area contributed by atoms with Crippen LogP contribution in [0.5, 0.6) is 5.75 Å². The van der Waals surface area contributed by atoms with E-state index in [0.29, 0.717) is 30.3 Å². The zero-order chi connectivity index (χ0) is 25.3. The molecule has 0 saturated heterocycles. The van der Waals surface area contributed by atoms with Gasteiger partial charge in [0.1, 0.15) is 11.9 Å². The summed E-state index contributed by atoms with van der Waals surface area (Å²) in [6.45, 7) is 1.09. The van der Waals surface area contributed by atoms with E-state index in [1.165, 1.54) is 11.8 Å². The number of nitrogens with zero attached hydrogens (tertiary/aromatic N) is 1. The van der Waals surface area contributed by atoms with Gasteiger partial charge in [-0.3, -0.25) is 4.79 Å². The van der Waals surface area contributed by atoms with E-state index in [2.05, 4.69) is 5.32 Å². The molecule has 0 bridgehead atoms. The van der Waals surface area contributed by atoms with Crippen LogP contribution in [0.15, 0.2) is 59.5 Å². The highest BCUT2D eigenvalue weighted by Crippen LogP contribution is 2.46. The molecule has 0 aliphatic carbocycles. The fourth-order valence-corrected chi connectivity index (χ4v) is 4.60. The summed E-state index contributed by atoms with van der Waals surface area (Å²) in [7, 11) is 3.43. The molecule has 2 atom stereocenters. The molecule has 1 amide bonds. The standard InChI is InChI=1S/C19H21ClN2O3S.C4H4O4/c1-21-9-10-22-15-8-5-13(20)11-16(15)26-18(17(23)19(22)24)12-3-6-14(25-2)7-4-12;5-3(6)1-2-4(7)8/h3-8,11,17-18,21,23H,9-10H2,1-2H3;1-2H,(H,5,6)(H,7,8)/b;2-1+/t17-,18+;/m0./s1. The number of rotatable bonds is 7. The minimum absolute atomic E-state index is 0.311. The van der Waals surface area contributed by atoms with Crippen molar-refractivity contribution in [2.45, 2.75) is 16.2 Å². The molecular weight excluding hydrogens is 484 g/mol. The number of nitrogens with one attached hydrogen (secondary N) is 1. The number of anilines is 1. The lowest BCUT2D eigenvalue weighted by molar-refractivity contribution is -0.134. The molecule has 1 heterocycles. The summed E-state index contributed by atoms with van der Waals surface area (Å²) in [4.78, 5) is 34.6. The molecule has 1 aliphatic heterocycles. The Bertz CT molecular complexity index is 1030. The number of methoxy groups -OCH3 is 1. The predicted octanol–water partition coefficient (Wildman–Crippen LogP) is 2.82. The second-order valence-electron chi connectivity index (χ2n) is 6.97. The van der Waals surface area contributed by atoms with Gasteiger partial charge >= 0.3 is 11.9 Å². The van der Waals surface area contributed by atoms with Gasteiger partial charge in [0.05, 0.1) is 18.0 Å². The van der Waals surface area contributed by atoms with Gasteiger partial charge in [0.2, 0.25) is 0 Å². The molecule has 0 aromatic heterocycles. The number of carbonyl (C=O) groups excluding carboxylic acids is 1. The van der Waals surface area contributed by atoms with E-state index in [4.69, 9.17) is 26.6 Å². The van der Waals surface area contributed by atoms with Gasteiger partial charge in [0.15, 0.2) is 0 Å². The molecule has 34 heavy (non-hydrogen) atoms. The fraction of sp³-hybridized carbons (Fsp3) is 0.261. The molecule has 0 radical (unpaired) electrons. The molecule has 11 heteroatoms. The monoisotopic (exact) mass is 508 g/mol. The van der Waals surface area contributed by atoms with Crippen LogP contribution in [-0.2, 0) is 14.4 Å². The van der Waals surface area contributed by atoms with Gasteiger partial charge in [-0.25, -0.2) is 9.59 Å². The molecule has 0 unspecified atom stereocenters. The van der Waals surface area contributed by atoms with Crippen LogP contribution in [0.2, 0.25) is 5.02 Å². The zero-order valence-corrected chi connectivity index (χ0v) is 20.0. The zero-order valence-electron chi connectivity index (χ0n) is 18.5. The summed E-state index contributed by atoms with van der Waals surface area (Å²) in [5.41, 5.74) is 1.63. The lowest BCUT2D eigenvalue weighted by atomic mass is 10.1. The van der Waals surface area contributed by atoms with Crippen LogP contribution < -0.4 is 15.0 Å². The van der Waals surface area contributed by atoms with Gasteiger partial charge in [-0.1, -0.05) is 23.7 Å². The number of ether oxygens (including phenoxy) is 1. The van der Waals surface area contributed by atoms with Crippen LogP contribution in [-0.4, -0.2) is 66.5 Å². The third-order valence-electron chi connectivity index (χ3n) is 4.67. The average molecular weight is 509 g/mol. The number of hydrogen-bond donors (Lipinski definition) is 4. The van der Waals surface area contributed by atoms with Crippen molar-refractivity contribution in [2.24, 2.45) is 0 Å². The van der Waals surface area contributed by atoms with Crippen LogP contribution in [0.4, 0.5) is 5.69 Å². The Morgan fingerprint density at radius 1 is 1.15 bits per heavy atom. The maximum atomic E-state index is 13.0. The van der Waals surface area contributed by atoms with Crippen LogP contribution in [0.1, 0.15) is 10.8 Å². The van der Waals surface area contributed by atoms with Gasteiger partial charge in [-0.15, -0.1) is 11.8 Å². The lowest BCUT2D eigenvalue weighted by Crippen LogP contribution is -2.43. The number of carboxylic acid groups (broad SMARTS) is 2. The van der Waals surface area contributed by atoms with E-state index in [1.54, 1.807) is 18.1 Å². The molecule has 0 fully saturated rings. The van der Waals surface area contributed by atoms with Crippen LogP contribution in [0.25, 0.3) is 0 Å². The van der Waals surface area contributed by atoms with E-state index in [1.807, 2.05) is 43.4 Å². The summed E-state index contributed by atoms with van der Waals surface area (Å²) < 4.78 is 5.19. The van der Waals surface area contributed by atoms with Crippen molar-refractivity contribution in [3.8, 4) is 5.75 Å². The molecule has 0 spiro atoms. The second-order valence-corrected chi connectivity index (χ2v) is 8.59. The van der Waals surface area contributed by atoms with E-state index in [0.717, 1.165) is 21.9 Å². The molecule has 0 saturated carbocycles. The van der Waals surface area contributed by atoms with Gasteiger partial charge in [0.25, 0.3) is 5.91 Å². The van der Waals surface area contributed by atoms with Crippen molar-refractivity contribution in [3.63, 3.8) is 0 Å². The number of hydrogen-bond acceptors (Lipinski definition) is 7. The predicted molar refractivity (Wildman–Crippen MR) is 130 cm³/mol. The van der Waals surface area contributed by atoms with E-state index in [-0.39, 0.29) is 5.91 Å². The third-order valence-corrected chi connectivity index (χ3v) is 6.27. The topological polar surface area (TPSA) is 136 Å². The van der Waals surface area contributed by atoms with Crippen LogP contribution in [0.3, 0.4) is 0 Å². The first-order valence-electron chi connectivity index (χ1n) is 10.1. The van der Waals surface area contributed by atoms with Crippen molar-refractivity contribution in [1.82, 2.24) is 5.32 Å². The minimum Gasteiger partial charge on any atom is -0.497 e. The molecule has 2 aromatic carbocycles.